The number of carbonyl (C=O) groups is 1. The summed E-state index contributed by atoms with van der Waals surface area (Å²) in [7, 11) is 0. The van der Waals surface area contributed by atoms with Gasteiger partial charge in [0.2, 0.25) is 0 Å². The summed E-state index contributed by atoms with van der Waals surface area (Å²) >= 11 is 6.16. The normalized spacial score (nSPS) is 25.5. The van der Waals surface area contributed by atoms with Crippen molar-refractivity contribution in [3.8, 4) is 5.75 Å². The van der Waals surface area contributed by atoms with Gasteiger partial charge >= 0.3 is 0 Å². The first-order valence-electron chi connectivity index (χ1n) is 12.1. The molecule has 0 spiro atoms. The number of aromatic nitrogens is 3. The van der Waals surface area contributed by atoms with E-state index in [0.29, 0.717) is 35.8 Å². The molecular weight excluding hydrogens is 492 g/mol. The van der Waals surface area contributed by atoms with Gasteiger partial charge in [0.15, 0.2) is 11.8 Å². The van der Waals surface area contributed by atoms with E-state index in [2.05, 4.69) is 10.1 Å². The van der Waals surface area contributed by atoms with Crippen LogP contribution in [0.5, 0.6) is 5.75 Å². The minimum Gasteiger partial charge on any atom is -0.486 e. The fourth-order valence-corrected chi connectivity index (χ4v) is 6.01. The molecule has 0 saturated carbocycles. The number of aliphatic hydroxyl groups is 1. The zero-order valence-corrected chi connectivity index (χ0v) is 20.5. The monoisotopic (exact) mass is 517 g/mol. The Hall–Kier alpha value is -2.82. The average molecular weight is 518 g/mol. The number of nitrogens with zero attached hydrogens (tertiary/aromatic N) is 5. The molecule has 0 radical (unpaired) electrons. The number of amides is 1. The third kappa shape index (κ3) is 3.82. The van der Waals surface area contributed by atoms with Crippen molar-refractivity contribution in [2.45, 2.75) is 63.6 Å². The number of halogens is 3. The summed E-state index contributed by atoms with van der Waals surface area (Å²) in [6, 6.07) is 3.51. The first kappa shape index (κ1) is 23.6. The molecule has 4 atom stereocenters. The molecule has 2 bridgehead atoms. The maximum atomic E-state index is 15.4. The smallest absolute Gasteiger partial charge is 0.258 e. The fourth-order valence-electron chi connectivity index (χ4n) is 5.87. The molecule has 190 valence electrons. The summed E-state index contributed by atoms with van der Waals surface area (Å²) < 4.78 is 37.3. The predicted molar refractivity (Wildman–Crippen MR) is 127 cm³/mol. The van der Waals surface area contributed by atoms with Crippen molar-refractivity contribution in [1.29, 1.82) is 0 Å². The molecular formula is C25H26ClF2N5O3. The lowest BCUT2D eigenvalue weighted by atomic mass is 9.97. The highest BCUT2D eigenvalue weighted by Crippen LogP contribution is 2.39. The van der Waals surface area contributed by atoms with E-state index in [1.807, 2.05) is 4.90 Å². The number of ether oxygens (including phenoxy) is 1. The molecule has 2 fully saturated rings. The average Bonchev–Trinajstić information content (AvgIpc) is 3.49. The first-order chi connectivity index (χ1) is 17.3. The van der Waals surface area contributed by atoms with E-state index < -0.39 is 18.1 Å². The van der Waals surface area contributed by atoms with Crippen molar-refractivity contribution in [1.82, 2.24) is 24.4 Å². The van der Waals surface area contributed by atoms with Gasteiger partial charge in [-0.05, 0) is 31.9 Å². The number of piperidine rings is 1. The lowest BCUT2D eigenvalue weighted by molar-refractivity contribution is -0.0279. The van der Waals surface area contributed by atoms with Crippen LogP contribution in [0.15, 0.2) is 24.4 Å². The van der Waals surface area contributed by atoms with Gasteiger partial charge in [-0.2, -0.15) is 5.10 Å². The van der Waals surface area contributed by atoms with E-state index in [4.69, 9.17) is 16.3 Å². The molecule has 6 rings (SSSR count). The van der Waals surface area contributed by atoms with Gasteiger partial charge in [-0.3, -0.25) is 9.69 Å². The van der Waals surface area contributed by atoms with Gasteiger partial charge in [-0.15, -0.1) is 0 Å². The lowest BCUT2D eigenvalue weighted by Crippen LogP contribution is -2.54. The van der Waals surface area contributed by atoms with Crippen molar-refractivity contribution in [2.24, 2.45) is 0 Å². The van der Waals surface area contributed by atoms with Gasteiger partial charge in [0.1, 0.15) is 17.7 Å². The molecule has 1 aromatic carbocycles. The van der Waals surface area contributed by atoms with Crippen molar-refractivity contribution in [3.05, 3.63) is 57.8 Å². The summed E-state index contributed by atoms with van der Waals surface area (Å²) in [5, 5.41) is 14.4. The van der Waals surface area contributed by atoms with E-state index in [1.54, 1.807) is 22.5 Å². The SMILES string of the molecule is Cc1nc2c3c(nn2cc1Cl)CN(C(=O)c1ccc(F)cc1O[C@@H]1C[C@@H]2CC[C@@H](C1F)N2CCO)C3. The molecule has 3 aliphatic rings. The van der Waals surface area contributed by atoms with Crippen LogP contribution in [-0.2, 0) is 13.1 Å². The van der Waals surface area contributed by atoms with Crippen LogP contribution in [0, 0.1) is 12.7 Å². The van der Waals surface area contributed by atoms with Crippen LogP contribution in [0.3, 0.4) is 0 Å². The lowest BCUT2D eigenvalue weighted by Gasteiger charge is -2.41. The van der Waals surface area contributed by atoms with Crippen LogP contribution >= 0.6 is 11.6 Å². The Morgan fingerprint density at radius 2 is 2.14 bits per heavy atom. The van der Waals surface area contributed by atoms with Crippen LogP contribution in [0.2, 0.25) is 5.02 Å². The predicted octanol–water partition coefficient (Wildman–Crippen LogP) is 3.30. The second-order valence-electron chi connectivity index (χ2n) is 9.77. The van der Waals surface area contributed by atoms with E-state index in [0.717, 1.165) is 23.7 Å². The molecule has 2 saturated heterocycles. The second-order valence-corrected chi connectivity index (χ2v) is 10.2. The first-order valence-corrected chi connectivity index (χ1v) is 12.5. The van der Waals surface area contributed by atoms with E-state index in [1.165, 1.54) is 12.1 Å². The number of aliphatic hydroxyl groups excluding tert-OH is 1. The third-order valence-corrected chi connectivity index (χ3v) is 7.99. The Morgan fingerprint density at radius 3 is 2.94 bits per heavy atom. The van der Waals surface area contributed by atoms with Gasteiger partial charge in [0.05, 0.1) is 47.9 Å². The number of alkyl halides is 1. The van der Waals surface area contributed by atoms with Gasteiger partial charge in [0, 0.05) is 36.7 Å². The summed E-state index contributed by atoms with van der Waals surface area (Å²) in [6.45, 7) is 2.75. The summed E-state index contributed by atoms with van der Waals surface area (Å²) in [4.78, 5) is 21.6. The molecule has 11 heteroatoms. The van der Waals surface area contributed by atoms with Crippen LogP contribution < -0.4 is 4.74 Å². The minimum atomic E-state index is -1.30. The number of rotatable bonds is 5. The number of carbonyl (C=O) groups excluding carboxylic acids is 1. The Balaban J connectivity index is 1.24. The number of fused-ring (bicyclic) bond motifs is 5. The zero-order chi connectivity index (χ0) is 25.1. The quantitative estimate of drug-likeness (QED) is 0.559. The van der Waals surface area contributed by atoms with E-state index in [9.17, 15) is 14.3 Å². The Bertz CT molecular complexity index is 1350. The van der Waals surface area contributed by atoms with Gasteiger partial charge in [-0.25, -0.2) is 18.3 Å². The highest BCUT2D eigenvalue weighted by molar-refractivity contribution is 6.31. The maximum absolute atomic E-state index is 15.4. The molecule has 1 N–H and O–H groups in total. The summed E-state index contributed by atoms with van der Waals surface area (Å²) in [5.74, 6) is -0.860. The Labute approximate surface area is 211 Å². The fraction of sp³-hybridized carbons (Fsp3) is 0.480. The maximum Gasteiger partial charge on any atom is 0.258 e. The van der Waals surface area contributed by atoms with Crippen molar-refractivity contribution < 1.29 is 23.4 Å². The van der Waals surface area contributed by atoms with E-state index in [-0.39, 0.29) is 49.0 Å². The van der Waals surface area contributed by atoms with Crippen molar-refractivity contribution in [2.75, 3.05) is 13.2 Å². The van der Waals surface area contributed by atoms with Crippen LogP contribution in [0.1, 0.15) is 46.6 Å². The molecule has 3 aromatic rings. The molecule has 3 aliphatic heterocycles. The largest absolute Gasteiger partial charge is 0.486 e. The summed E-state index contributed by atoms with van der Waals surface area (Å²) in [6.07, 6.45) is 1.54. The Morgan fingerprint density at radius 1 is 1.31 bits per heavy atom. The molecule has 36 heavy (non-hydrogen) atoms. The number of hydrogen-bond acceptors (Lipinski definition) is 6. The number of aryl methyl sites for hydroxylation is 1. The van der Waals surface area contributed by atoms with Crippen LogP contribution in [0.4, 0.5) is 8.78 Å². The second kappa shape index (κ2) is 8.93. The highest BCUT2D eigenvalue weighted by Gasteiger charge is 2.48. The minimum absolute atomic E-state index is 0.0287. The molecule has 2 aromatic heterocycles. The molecule has 0 aliphatic carbocycles. The zero-order valence-electron chi connectivity index (χ0n) is 19.7. The number of benzene rings is 1. The molecule has 8 nitrogen and oxygen atoms in total. The Kier molecular flexibility index (Phi) is 5.85. The van der Waals surface area contributed by atoms with Crippen molar-refractivity contribution >= 4 is 23.2 Å². The third-order valence-electron chi connectivity index (χ3n) is 7.62. The van der Waals surface area contributed by atoms with Crippen molar-refractivity contribution in [3.63, 3.8) is 0 Å². The van der Waals surface area contributed by atoms with Crippen LogP contribution in [0.25, 0.3) is 5.65 Å². The topological polar surface area (TPSA) is 83.2 Å². The van der Waals surface area contributed by atoms with Gasteiger partial charge in [-0.1, -0.05) is 11.6 Å². The summed E-state index contributed by atoms with van der Waals surface area (Å²) in [5.41, 5.74) is 3.06. The van der Waals surface area contributed by atoms with Crippen LogP contribution in [-0.4, -0.2) is 72.9 Å². The molecule has 1 unspecified atom stereocenters. The standard InChI is InChI=1S/C25H26ClF2N5O3/c1-13-18(26)11-33-24(29-13)17-10-31(12-19(17)30-33)25(35)16-4-2-14(27)8-21(16)36-22-9-15-3-5-20(23(22)28)32(15)6-7-34/h2,4,8,11,15,20,22-23,34H,3,5-7,9-10,12H2,1H3/t15-,20-,22+,23?/m0/s1. The van der Waals surface area contributed by atoms with E-state index >= 15 is 4.39 Å². The molecule has 1 amide bonds. The number of hydrogen-bond donors (Lipinski definition) is 1. The van der Waals surface area contributed by atoms with Gasteiger partial charge in [0.25, 0.3) is 5.91 Å². The van der Waals surface area contributed by atoms with Gasteiger partial charge < -0.3 is 14.7 Å². The highest BCUT2D eigenvalue weighted by atomic mass is 35.5. The molecule has 5 heterocycles.